The van der Waals surface area contributed by atoms with Crippen molar-refractivity contribution in [3.05, 3.63) is 143 Å². The van der Waals surface area contributed by atoms with Crippen molar-refractivity contribution >= 4 is 58.6 Å². The highest BCUT2D eigenvalue weighted by molar-refractivity contribution is 6.32. The fraction of sp³-hybridized carbons (Fsp3) is 0.629. The van der Waals surface area contributed by atoms with Crippen LogP contribution in [0.3, 0.4) is 0 Å². The number of carbonyl (C=O) groups excluding carboxylic acids is 7. The van der Waals surface area contributed by atoms with Crippen molar-refractivity contribution < 1.29 is 62.0 Å². The number of likely N-dealkylation sites (tertiary alicyclic amines) is 4. The van der Waals surface area contributed by atoms with Crippen LogP contribution in [0.25, 0.3) is 0 Å². The number of rotatable bonds is 35. The van der Waals surface area contributed by atoms with E-state index in [-0.39, 0.29) is 47.1 Å². The molecule has 8 aliphatic rings. The van der Waals surface area contributed by atoms with Crippen molar-refractivity contribution in [3.63, 3.8) is 0 Å². The summed E-state index contributed by atoms with van der Waals surface area (Å²) in [6.45, 7) is 45.5. The van der Waals surface area contributed by atoms with Gasteiger partial charge in [-0.25, -0.2) is 14.6 Å². The maximum absolute atomic E-state index is 12.7. The Hall–Kier alpha value is -8.31. The van der Waals surface area contributed by atoms with Crippen LogP contribution in [0.1, 0.15) is 188 Å². The molecule has 26 nitrogen and oxygen atoms in total. The predicted molar refractivity (Wildman–Crippen MR) is 490 cm³/mol. The van der Waals surface area contributed by atoms with Gasteiger partial charge in [0.05, 0.1) is 64.2 Å². The topological polar surface area (TPSA) is 227 Å². The normalized spacial score (nSPS) is 20.3. The van der Waals surface area contributed by atoms with E-state index >= 15 is 0 Å². The van der Waals surface area contributed by atoms with Crippen LogP contribution in [0.4, 0.5) is 15.4 Å². The van der Waals surface area contributed by atoms with E-state index in [0.29, 0.717) is 170 Å². The third-order valence-corrected chi connectivity index (χ3v) is 25.2. The van der Waals surface area contributed by atoms with E-state index in [4.69, 9.17) is 40.0 Å². The third kappa shape index (κ3) is 32.5. The van der Waals surface area contributed by atoms with Crippen molar-refractivity contribution in [1.82, 2.24) is 58.9 Å². The number of ether oxygens (including phenoxy) is 6. The molecule has 8 fully saturated rings. The second-order valence-electron chi connectivity index (χ2n) is 35.7. The van der Waals surface area contributed by atoms with Gasteiger partial charge < -0.3 is 67.6 Å². The largest absolute Gasteiger partial charge is 0.494 e. The second kappa shape index (κ2) is 50.9. The van der Waals surface area contributed by atoms with E-state index in [1.54, 1.807) is 34.9 Å². The summed E-state index contributed by atoms with van der Waals surface area (Å²) < 4.78 is 33.9. The summed E-state index contributed by atoms with van der Waals surface area (Å²) in [5.41, 5.74) is 2.25. The van der Waals surface area contributed by atoms with Gasteiger partial charge in [-0.3, -0.25) is 43.6 Å². The number of benzene rings is 4. The maximum atomic E-state index is 12.7. The van der Waals surface area contributed by atoms with Crippen LogP contribution in [-0.2, 0) is 14.3 Å². The van der Waals surface area contributed by atoms with Gasteiger partial charge in [-0.05, 0) is 262 Å². The second-order valence-corrected chi connectivity index (χ2v) is 36.1. The molecule has 0 saturated carbocycles. The number of ketones is 4. The van der Waals surface area contributed by atoms with Crippen LogP contribution >= 0.6 is 11.6 Å². The molecule has 682 valence electrons. The van der Waals surface area contributed by atoms with Crippen molar-refractivity contribution in [1.29, 1.82) is 0 Å². The summed E-state index contributed by atoms with van der Waals surface area (Å²) in [5, 5.41) is 0.479. The van der Waals surface area contributed by atoms with E-state index in [1.807, 2.05) is 137 Å². The fourth-order valence-electron chi connectivity index (χ4n) is 17.2. The van der Waals surface area contributed by atoms with Crippen molar-refractivity contribution in [2.75, 3.05) is 221 Å². The van der Waals surface area contributed by atoms with Gasteiger partial charge in [0.2, 0.25) is 5.91 Å². The minimum Gasteiger partial charge on any atom is -0.494 e. The average molecular weight is 1740 g/mol. The quantitative estimate of drug-likeness (QED) is 0.0271. The molecule has 8 saturated heterocycles. The summed E-state index contributed by atoms with van der Waals surface area (Å²) in [7, 11) is 0. The molecule has 0 unspecified atom stereocenters. The number of anilines is 1. The molecule has 4 aromatic carbocycles. The van der Waals surface area contributed by atoms with Crippen LogP contribution in [0.5, 0.6) is 23.0 Å². The van der Waals surface area contributed by atoms with Gasteiger partial charge >= 0.3 is 12.2 Å². The SMILES string of the molecule is CC(C)C(=O)N1CCN(CC(=O)c2ccc(OCCCN3CCC[C@H]3C)c(Cl)c2)CC1.CCOC(=O)N1CCN(CC(=O)c2ccc(OCCCN3CCC[C@H]3C)cc2)CC1.C[C@@H]1CCCN1CCCOc1ccc(C(=O)CN2CCN(C(=O)OC(C)(C)C)CC2)cc1.C[C@@H]1CCCN1CCCOc1ccc(C(=O)CN2CCN(c3ccccn3)CC2)cc1. The number of hydrogen-bond acceptors (Lipinski definition) is 23. The highest BCUT2D eigenvalue weighted by Crippen LogP contribution is 2.29. The lowest BCUT2D eigenvalue weighted by atomic mass is 10.1. The van der Waals surface area contributed by atoms with E-state index in [1.165, 1.54) is 77.5 Å². The first-order valence-corrected chi connectivity index (χ1v) is 46.6. The Labute approximate surface area is 744 Å². The zero-order valence-electron chi connectivity index (χ0n) is 76.2. The highest BCUT2D eigenvalue weighted by Gasteiger charge is 2.31. The molecule has 0 spiro atoms. The molecule has 124 heavy (non-hydrogen) atoms. The summed E-state index contributed by atoms with van der Waals surface area (Å²) in [6, 6.07) is 36.6. The molecular formula is C97H144ClN13O13. The average Bonchev–Trinajstić information content (AvgIpc) is 1.24. The molecule has 3 amide bonds. The third-order valence-electron chi connectivity index (χ3n) is 24.9. The van der Waals surface area contributed by atoms with E-state index in [0.717, 1.165) is 126 Å². The molecule has 1 aromatic heterocycles. The number of carbonyl (C=O) groups is 7. The summed E-state index contributed by atoms with van der Waals surface area (Å²) in [4.78, 5) is 117. The Bertz CT molecular complexity index is 4060. The van der Waals surface area contributed by atoms with Gasteiger partial charge in [-0.2, -0.15) is 0 Å². The number of pyridine rings is 1. The summed E-state index contributed by atoms with van der Waals surface area (Å²) >= 11 is 6.38. The predicted octanol–water partition coefficient (Wildman–Crippen LogP) is 13.5. The molecule has 0 N–H and O–H groups in total. The molecule has 8 aliphatic heterocycles. The first-order valence-electron chi connectivity index (χ1n) is 46.3. The number of amides is 3. The smallest absolute Gasteiger partial charge is 0.410 e. The molecule has 9 heterocycles. The van der Waals surface area contributed by atoms with Crippen LogP contribution < -0.4 is 23.8 Å². The Morgan fingerprint density at radius 1 is 0.411 bits per heavy atom. The summed E-state index contributed by atoms with van der Waals surface area (Å²) in [6.07, 6.45) is 15.7. The Balaban J connectivity index is 0.000000173. The minimum atomic E-state index is -0.494. The van der Waals surface area contributed by atoms with E-state index in [9.17, 15) is 33.6 Å². The maximum Gasteiger partial charge on any atom is 0.410 e. The van der Waals surface area contributed by atoms with Gasteiger partial charge in [0.25, 0.3) is 0 Å². The lowest BCUT2D eigenvalue weighted by Crippen LogP contribution is -2.51. The first kappa shape index (κ1) is 97.9. The molecule has 0 aliphatic carbocycles. The van der Waals surface area contributed by atoms with Gasteiger partial charge in [-0.1, -0.05) is 31.5 Å². The first-order chi connectivity index (χ1) is 59.8. The molecule has 0 radical (unpaired) electrons. The number of nitrogens with zero attached hydrogens (tertiary/aromatic N) is 13. The van der Waals surface area contributed by atoms with Gasteiger partial charge in [-0.15, -0.1) is 0 Å². The molecule has 0 bridgehead atoms. The van der Waals surface area contributed by atoms with Crippen molar-refractivity contribution in [2.45, 2.75) is 176 Å². The van der Waals surface area contributed by atoms with Crippen LogP contribution in [0.15, 0.2) is 115 Å². The molecule has 4 atom stereocenters. The van der Waals surface area contributed by atoms with Gasteiger partial charge in [0, 0.05) is 189 Å². The number of halogens is 1. The fourth-order valence-corrected chi connectivity index (χ4v) is 17.4. The number of hydrogen-bond donors (Lipinski definition) is 0. The lowest BCUT2D eigenvalue weighted by molar-refractivity contribution is -0.136. The van der Waals surface area contributed by atoms with Crippen LogP contribution in [-0.4, -0.2) is 346 Å². The molecular weight excluding hydrogens is 1590 g/mol. The van der Waals surface area contributed by atoms with E-state index in [2.05, 4.69) is 76.8 Å². The molecule has 5 aromatic rings. The lowest BCUT2D eigenvalue weighted by Gasteiger charge is -2.35. The van der Waals surface area contributed by atoms with Gasteiger partial charge in [0.1, 0.15) is 34.4 Å². The Morgan fingerprint density at radius 2 is 0.750 bits per heavy atom. The molecule has 13 rings (SSSR count). The van der Waals surface area contributed by atoms with Crippen LogP contribution in [0.2, 0.25) is 5.02 Å². The Kier molecular flexibility index (Phi) is 40.2. The molecule has 27 heteroatoms. The zero-order chi connectivity index (χ0) is 88.3. The van der Waals surface area contributed by atoms with Gasteiger partial charge in [0.15, 0.2) is 23.1 Å². The standard InChI is InChI=1S/C25H34N4O2.C25H39N3O4.C24H36ClN3O3.C23H35N3O4/c1-21-6-4-13-28(21)14-5-19-31-23-10-8-22(9-11-23)24(30)20-27-15-17-29(18-16-27)25-7-2-3-12-26-25;1-20-7-5-12-27(20)13-6-18-31-22-10-8-21(9-11-22)23(29)19-26-14-16-28(17-15-26)24(30)32-25(2,3)4;1-18(2)24(30)28-13-11-26(12-14-28)17-22(29)20-7-8-23(21(25)16-20)31-15-5-10-27-9-4-6-19(27)3;1-3-29-23(28)26-15-13-24(14-16-26)18-22(27)20-7-9-21(10-8-20)30-17-5-12-25-11-4-6-19(25)2/h2-3,7-12,21H,4-6,13-20H2,1H3;8-11,20H,5-7,12-19H2,1-4H3;7-8,16,18-19H,4-6,9-15,17H2,1-3H3;7-10,19H,3-6,11-18H2,1-2H3/t21-;20-;2*19-/m1111/s1. The zero-order valence-corrected chi connectivity index (χ0v) is 76.9. The highest BCUT2D eigenvalue weighted by atomic mass is 35.5. The number of Topliss-reactive ketones (excluding diaryl/α,β-unsaturated/α-hetero) is 4. The number of piperazine rings is 4. The van der Waals surface area contributed by atoms with Crippen LogP contribution in [0, 0.1) is 5.92 Å². The van der Waals surface area contributed by atoms with Crippen molar-refractivity contribution in [3.8, 4) is 23.0 Å². The Morgan fingerprint density at radius 3 is 1.07 bits per heavy atom. The monoisotopic (exact) mass is 1730 g/mol. The summed E-state index contributed by atoms with van der Waals surface area (Å²) in [5.74, 6) is 4.69. The number of aromatic nitrogens is 1. The minimum absolute atomic E-state index is 0.0137. The van der Waals surface area contributed by atoms with E-state index < -0.39 is 5.60 Å². The van der Waals surface area contributed by atoms with Crippen molar-refractivity contribution in [2.24, 2.45) is 5.92 Å².